The first-order chi connectivity index (χ1) is 8.63. The maximum atomic E-state index is 5.42. The summed E-state index contributed by atoms with van der Waals surface area (Å²) in [5.74, 6) is 1.58. The molecule has 0 aromatic carbocycles. The molecule has 1 rings (SSSR count). The molecule has 0 aliphatic rings. The highest BCUT2D eigenvalue weighted by molar-refractivity contribution is 5.28. The zero-order chi connectivity index (χ0) is 13.5. The Morgan fingerprint density at radius 2 is 2.17 bits per heavy atom. The van der Waals surface area contributed by atoms with Gasteiger partial charge in [0, 0.05) is 7.05 Å². The predicted octanol–water partition coefficient (Wildman–Crippen LogP) is 2.91. The maximum Gasteiger partial charge on any atom is 0.161 e. The molecule has 0 aliphatic heterocycles. The third-order valence-corrected chi connectivity index (χ3v) is 3.47. The van der Waals surface area contributed by atoms with Gasteiger partial charge in [-0.25, -0.2) is 0 Å². The van der Waals surface area contributed by atoms with Crippen LogP contribution in [0.15, 0.2) is 6.20 Å². The van der Waals surface area contributed by atoms with Gasteiger partial charge in [-0.3, -0.25) is 4.68 Å². The first-order valence-electron chi connectivity index (χ1n) is 6.93. The number of ether oxygens (including phenoxy) is 1. The molecule has 0 aliphatic carbocycles. The van der Waals surface area contributed by atoms with Crippen molar-refractivity contribution < 1.29 is 4.74 Å². The number of hydrogen-bond acceptors (Lipinski definition) is 3. The number of hydrogen-bond donors (Lipinski definition) is 1. The van der Waals surface area contributed by atoms with Gasteiger partial charge in [-0.05, 0) is 25.3 Å². The lowest BCUT2D eigenvalue weighted by molar-refractivity contribution is 0.359. The first-order valence-corrected chi connectivity index (χ1v) is 6.93. The number of methoxy groups -OCH3 is 1. The van der Waals surface area contributed by atoms with Gasteiger partial charge in [-0.15, -0.1) is 0 Å². The molecule has 0 spiro atoms. The summed E-state index contributed by atoms with van der Waals surface area (Å²) in [5.41, 5.74) is 1.16. The summed E-state index contributed by atoms with van der Waals surface area (Å²) in [6, 6.07) is 0.322. The molecule has 1 aromatic rings. The summed E-state index contributed by atoms with van der Waals surface area (Å²) in [6.45, 7) is 7.74. The van der Waals surface area contributed by atoms with Crippen LogP contribution in [0, 0.1) is 5.92 Å². The van der Waals surface area contributed by atoms with E-state index in [2.05, 4.69) is 31.2 Å². The molecule has 0 radical (unpaired) electrons. The van der Waals surface area contributed by atoms with Crippen LogP contribution < -0.4 is 10.1 Å². The van der Waals surface area contributed by atoms with Gasteiger partial charge in [0.1, 0.15) is 0 Å². The normalized spacial score (nSPS) is 14.5. The Hall–Kier alpha value is -1.03. The van der Waals surface area contributed by atoms with Crippen LogP contribution in [0.4, 0.5) is 0 Å². The van der Waals surface area contributed by atoms with E-state index < -0.39 is 0 Å². The Balaban J connectivity index is 2.89. The molecule has 0 bridgehead atoms. The van der Waals surface area contributed by atoms with E-state index in [0.717, 1.165) is 30.8 Å². The lowest BCUT2D eigenvalue weighted by Gasteiger charge is -2.22. The summed E-state index contributed by atoms with van der Waals surface area (Å²) in [7, 11) is 3.69. The van der Waals surface area contributed by atoms with Gasteiger partial charge in [-0.2, -0.15) is 5.10 Å². The van der Waals surface area contributed by atoms with Gasteiger partial charge in [0.05, 0.1) is 25.0 Å². The van der Waals surface area contributed by atoms with Crippen LogP contribution in [0.3, 0.4) is 0 Å². The van der Waals surface area contributed by atoms with Crippen molar-refractivity contribution in [2.24, 2.45) is 13.0 Å². The molecule has 104 valence electrons. The minimum absolute atomic E-state index is 0.322. The Bertz CT molecular complexity index is 349. The molecule has 18 heavy (non-hydrogen) atoms. The zero-order valence-electron chi connectivity index (χ0n) is 12.4. The van der Waals surface area contributed by atoms with Crippen molar-refractivity contribution in [3.8, 4) is 5.75 Å². The van der Waals surface area contributed by atoms with Crippen molar-refractivity contribution in [1.29, 1.82) is 0 Å². The fourth-order valence-corrected chi connectivity index (χ4v) is 2.16. The summed E-state index contributed by atoms with van der Waals surface area (Å²) >= 11 is 0. The van der Waals surface area contributed by atoms with Gasteiger partial charge < -0.3 is 10.1 Å². The van der Waals surface area contributed by atoms with Crippen LogP contribution in [0.5, 0.6) is 5.75 Å². The Morgan fingerprint density at radius 3 is 2.72 bits per heavy atom. The van der Waals surface area contributed by atoms with Crippen LogP contribution in [0.25, 0.3) is 0 Å². The SMILES string of the molecule is CCCNC(CC(C)CC)c1c(OC)cnn1C. The Kier molecular flexibility index (Phi) is 6.19. The molecule has 0 fully saturated rings. The summed E-state index contributed by atoms with van der Waals surface area (Å²) in [4.78, 5) is 0. The predicted molar refractivity (Wildman–Crippen MR) is 74.9 cm³/mol. The van der Waals surface area contributed by atoms with E-state index in [-0.39, 0.29) is 0 Å². The van der Waals surface area contributed by atoms with Crippen LogP contribution in [0.2, 0.25) is 0 Å². The smallest absolute Gasteiger partial charge is 0.161 e. The number of nitrogens with one attached hydrogen (secondary N) is 1. The van der Waals surface area contributed by atoms with Crippen molar-refractivity contribution in [3.05, 3.63) is 11.9 Å². The fourth-order valence-electron chi connectivity index (χ4n) is 2.16. The molecule has 4 heteroatoms. The van der Waals surface area contributed by atoms with Crippen molar-refractivity contribution >= 4 is 0 Å². The molecule has 0 amide bonds. The van der Waals surface area contributed by atoms with E-state index in [1.165, 1.54) is 6.42 Å². The van der Waals surface area contributed by atoms with Crippen LogP contribution in [-0.4, -0.2) is 23.4 Å². The lowest BCUT2D eigenvalue weighted by Crippen LogP contribution is -2.26. The third kappa shape index (κ3) is 3.73. The van der Waals surface area contributed by atoms with Crippen molar-refractivity contribution in [2.45, 2.75) is 46.1 Å². The van der Waals surface area contributed by atoms with Crippen molar-refractivity contribution in [3.63, 3.8) is 0 Å². The number of aryl methyl sites for hydroxylation is 1. The summed E-state index contributed by atoms with van der Waals surface area (Å²) in [5, 5.41) is 7.91. The van der Waals surface area contributed by atoms with E-state index in [4.69, 9.17) is 4.74 Å². The minimum atomic E-state index is 0.322. The second-order valence-electron chi connectivity index (χ2n) is 4.98. The van der Waals surface area contributed by atoms with Crippen LogP contribution in [0.1, 0.15) is 51.8 Å². The topological polar surface area (TPSA) is 39.1 Å². The molecule has 2 atom stereocenters. The van der Waals surface area contributed by atoms with Crippen molar-refractivity contribution in [1.82, 2.24) is 15.1 Å². The molecule has 1 heterocycles. The zero-order valence-corrected chi connectivity index (χ0v) is 12.4. The van der Waals surface area contributed by atoms with Gasteiger partial charge in [0.25, 0.3) is 0 Å². The molecule has 4 nitrogen and oxygen atoms in total. The quantitative estimate of drug-likeness (QED) is 0.774. The number of aromatic nitrogens is 2. The molecule has 2 unspecified atom stereocenters. The summed E-state index contributed by atoms with van der Waals surface area (Å²) in [6.07, 6.45) is 5.25. The largest absolute Gasteiger partial charge is 0.493 e. The monoisotopic (exact) mass is 253 g/mol. The van der Waals surface area contributed by atoms with Crippen LogP contribution in [-0.2, 0) is 7.05 Å². The molecule has 1 aromatic heterocycles. The van der Waals surface area contributed by atoms with Gasteiger partial charge >= 0.3 is 0 Å². The number of rotatable bonds is 8. The standard InChI is InChI=1S/C14H27N3O/c1-6-8-15-12(9-11(3)7-2)14-13(18-5)10-16-17(14)4/h10-12,15H,6-9H2,1-5H3. The maximum absolute atomic E-state index is 5.42. The number of nitrogens with zero attached hydrogens (tertiary/aromatic N) is 2. The molecular formula is C14H27N3O. The first kappa shape index (κ1) is 15.0. The molecule has 0 saturated carbocycles. The van der Waals surface area contributed by atoms with E-state index in [9.17, 15) is 0 Å². The van der Waals surface area contributed by atoms with E-state index in [1.807, 2.05) is 11.7 Å². The average Bonchev–Trinajstić information content (AvgIpc) is 2.75. The van der Waals surface area contributed by atoms with Gasteiger partial charge in [-0.1, -0.05) is 27.2 Å². The molecule has 0 saturated heterocycles. The molecular weight excluding hydrogens is 226 g/mol. The van der Waals surface area contributed by atoms with E-state index in [0.29, 0.717) is 12.0 Å². The lowest BCUT2D eigenvalue weighted by atomic mass is 9.97. The van der Waals surface area contributed by atoms with Gasteiger partial charge in [0.2, 0.25) is 0 Å². The highest BCUT2D eigenvalue weighted by Crippen LogP contribution is 2.29. The second-order valence-corrected chi connectivity index (χ2v) is 4.98. The van der Waals surface area contributed by atoms with Crippen LogP contribution >= 0.6 is 0 Å². The Morgan fingerprint density at radius 1 is 1.44 bits per heavy atom. The molecule has 1 N–H and O–H groups in total. The van der Waals surface area contributed by atoms with Gasteiger partial charge in [0.15, 0.2) is 5.75 Å². The summed E-state index contributed by atoms with van der Waals surface area (Å²) < 4.78 is 7.34. The second kappa shape index (κ2) is 7.41. The Labute approximate surface area is 111 Å². The minimum Gasteiger partial charge on any atom is -0.493 e. The highest BCUT2D eigenvalue weighted by Gasteiger charge is 2.21. The fraction of sp³-hybridized carbons (Fsp3) is 0.786. The highest BCUT2D eigenvalue weighted by atomic mass is 16.5. The van der Waals surface area contributed by atoms with E-state index >= 15 is 0 Å². The average molecular weight is 253 g/mol. The third-order valence-electron chi connectivity index (χ3n) is 3.47. The van der Waals surface area contributed by atoms with E-state index in [1.54, 1.807) is 13.3 Å². The van der Waals surface area contributed by atoms with Crippen molar-refractivity contribution in [2.75, 3.05) is 13.7 Å².